The van der Waals surface area contributed by atoms with Crippen molar-refractivity contribution in [2.75, 3.05) is 45.2 Å². The van der Waals surface area contributed by atoms with Gasteiger partial charge in [-0.3, -0.25) is 0 Å². The molecule has 424 valence electrons. The van der Waals surface area contributed by atoms with Gasteiger partial charge in [0.15, 0.2) is 19.7 Å². The molecular formula is C52H57BBr4F2O16S3. The maximum atomic E-state index is 13.1. The van der Waals surface area contributed by atoms with Crippen LogP contribution in [-0.4, -0.2) is 115 Å². The standard InChI is InChI=1S/C16H23BO6S.C10H11BrO4S.C10H11BrO2S.C9H8BrFO2.C7H4BrFO2/c1-7-21-14(18)12-9-8-11(10-13(12)24(6,19)20)17-22-15(2,3)16(4,5)23-17;1-3-15-10(12)8-5-4-7(11)6-9(8)16(2,13)14;1-3-13-10(12)8-5-4-7(11)6-9(8)14-2;1-2-13-9(12)7-4-3-6(10)5-8(7)11;8-4-1-2-5(7(10)11)6(9)3-4/h8-10H,7H2,1-6H3;4-6H,3H2,1-2H3;4-6H,3H2,1-2H3;3-5H,2H2,1H3;1-3H,(H,10,11). The number of carbonyl (C=O) groups excluding carboxylic acids is 4. The monoisotopic (exact) mass is 1400 g/mol. The summed E-state index contributed by atoms with van der Waals surface area (Å²) in [6, 6.07) is 22.4. The van der Waals surface area contributed by atoms with Gasteiger partial charge >= 0.3 is 37.0 Å². The molecule has 1 aliphatic rings. The number of halogens is 6. The molecule has 5 aromatic rings. The van der Waals surface area contributed by atoms with Gasteiger partial charge in [0.25, 0.3) is 0 Å². The van der Waals surface area contributed by atoms with Crippen LogP contribution in [0.4, 0.5) is 8.78 Å². The van der Waals surface area contributed by atoms with E-state index < -0.39 is 73.5 Å². The summed E-state index contributed by atoms with van der Waals surface area (Å²) in [5.74, 6) is -4.75. The summed E-state index contributed by atoms with van der Waals surface area (Å²) in [6.45, 7) is 15.5. The fraction of sp³-hybridized carbons (Fsp3) is 0.327. The Morgan fingerprint density at radius 1 is 0.526 bits per heavy atom. The molecule has 1 N–H and O–H groups in total. The molecule has 5 aromatic carbocycles. The van der Waals surface area contributed by atoms with Gasteiger partial charge < -0.3 is 33.4 Å². The van der Waals surface area contributed by atoms with Crippen molar-refractivity contribution >= 4 is 138 Å². The number of thioether (sulfide) groups is 1. The van der Waals surface area contributed by atoms with Crippen LogP contribution in [0.2, 0.25) is 0 Å². The Bertz CT molecular complexity index is 3170. The van der Waals surface area contributed by atoms with Crippen molar-refractivity contribution in [3.05, 3.63) is 148 Å². The summed E-state index contributed by atoms with van der Waals surface area (Å²) in [5, 5.41) is 8.40. The number of sulfone groups is 2. The second kappa shape index (κ2) is 31.5. The van der Waals surface area contributed by atoms with Crippen LogP contribution < -0.4 is 5.46 Å². The van der Waals surface area contributed by atoms with Crippen LogP contribution in [-0.2, 0) is 47.9 Å². The van der Waals surface area contributed by atoms with Crippen LogP contribution in [0.25, 0.3) is 0 Å². The molecule has 6 rings (SSSR count). The van der Waals surface area contributed by atoms with Gasteiger partial charge in [-0.05, 0) is 152 Å². The first-order valence-electron chi connectivity index (χ1n) is 23.0. The number of carbonyl (C=O) groups is 5. The number of rotatable bonds is 13. The number of ether oxygens (including phenoxy) is 4. The number of aromatic carboxylic acids is 1. The molecule has 0 unspecified atom stereocenters. The minimum atomic E-state index is -3.62. The van der Waals surface area contributed by atoms with E-state index >= 15 is 0 Å². The van der Waals surface area contributed by atoms with Gasteiger partial charge in [0, 0.05) is 35.3 Å². The van der Waals surface area contributed by atoms with Crippen molar-refractivity contribution in [3.8, 4) is 0 Å². The van der Waals surface area contributed by atoms with Gasteiger partial charge in [-0.1, -0.05) is 69.8 Å². The number of esters is 4. The van der Waals surface area contributed by atoms with Crippen LogP contribution in [0.5, 0.6) is 0 Å². The molecule has 0 aromatic heterocycles. The molecule has 0 saturated carbocycles. The molecule has 78 heavy (non-hydrogen) atoms. The lowest BCUT2D eigenvalue weighted by Gasteiger charge is -2.32. The molecule has 0 radical (unpaired) electrons. The quantitative estimate of drug-likeness (QED) is 0.0500. The van der Waals surface area contributed by atoms with Crippen LogP contribution in [0.1, 0.15) is 107 Å². The predicted octanol–water partition coefficient (Wildman–Crippen LogP) is 12.0. The highest BCUT2D eigenvalue weighted by Gasteiger charge is 2.52. The number of hydrogen-bond acceptors (Lipinski definition) is 16. The van der Waals surface area contributed by atoms with Crippen molar-refractivity contribution in [1.82, 2.24) is 0 Å². The second-order valence-electron chi connectivity index (χ2n) is 16.8. The molecule has 0 spiro atoms. The molecule has 1 fully saturated rings. The number of carboxylic acids is 1. The Morgan fingerprint density at radius 2 is 0.846 bits per heavy atom. The minimum absolute atomic E-state index is 0.0135. The zero-order valence-corrected chi connectivity index (χ0v) is 52.9. The van der Waals surface area contributed by atoms with E-state index in [1.54, 1.807) is 52.0 Å². The third-order valence-corrected chi connectivity index (χ3v) is 15.5. The van der Waals surface area contributed by atoms with E-state index in [0.29, 0.717) is 31.1 Å². The summed E-state index contributed by atoms with van der Waals surface area (Å²) in [5.41, 5.74) is -0.180. The molecule has 26 heteroatoms. The summed E-state index contributed by atoms with van der Waals surface area (Å²) >= 11 is 14.2. The minimum Gasteiger partial charge on any atom is -0.478 e. The first-order chi connectivity index (χ1) is 36.2. The lowest BCUT2D eigenvalue weighted by Crippen LogP contribution is -2.41. The Hall–Kier alpha value is -4.54. The van der Waals surface area contributed by atoms with Crippen molar-refractivity contribution in [1.29, 1.82) is 0 Å². The number of carboxylic acid groups (broad SMARTS) is 1. The van der Waals surface area contributed by atoms with Gasteiger partial charge in [0.1, 0.15) is 11.6 Å². The van der Waals surface area contributed by atoms with Crippen molar-refractivity contribution in [3.63, 3.8) is 0 Å². The van der Waals surface area contributed by atoms with Crippen LogP contribution >= 0.6 is 75.5 Å². The molecule has 0 aliphatic carbocycles. The lowest BCUT2D eigenvalue weighted by atomic mass is 9.79. The van der Waals surface area contributed by atoms with Crippen molar-refractivity contribution < 1.29 is 83.0 Å². The smallest absolute Gasteiger partial charge is 0.478 e. The summed E-state index contributed by atoms with van der Waals surface area (Å²) < 4.78 is 107. The summed E-state index contributed by atoms with van der Waals surface area (Å²) in [7, 11) is -7.77. The maximum Gasteiger partial charge on any atom is 0.494 e. The molecule has 1 saturated heterocycles. The Balaban J connectivity index is 0.000000343. The molecule has 0 amide bonds. The summed E-state index contributed by atoms with van der Waals surface area (Å²) in [4.78, 5) is 57.2. The van der Waals surface area contributed by atoms with E-state index in [0.717, 1.165) is 27.9 Å². The van der Waals surface area contributed by atoms with E-state index in [2.05, 4.69) is 68.5 Å². The number of benzene rings is 5. The van der Waals surface area contributed by atoms with E-state index in [9.17, 15) is 49.6 Å². The van der Waals surface area contributed by atoms with Gasteiger partial charge in [-0.25, -0.2) is 49.6 Å². The average molecular weight is 1400 g/mol. The molecule has 16 nitrogen and oxygen atoms in total. The van der Waals surface area contributed by atoms with E-state index in [-0.39, 0.29) is 57.8 Å². The first kappa shape index (κ1) is 69.6. The highest BCUT2D eigenvalue weighted by atomic mass is 79.9. The van der Waals surface area contributed by atoms with Crippen LogP contribution in [0.3, 0.4) is 0 Å². The van der Waals surface area contributed by atoms with Crippen LogP contribution in [0, 0.1) is 11.6 Å². The zero-order chi connectivity index (χ0) is 59.5. The van der Waals surface area contributed by atoms with E-state index in [4.69, 9.17) is 28.6 Å². The Labute approximate surface area is 491 Å². The van der Waals surface area contributed by atoms with Crippen LogP contribution in [0.15, 0.2) is 124 Å². The largest absolute Gasteiger partial charge is 0.494 e. The molecule has 0 atom stereocenters. The van der Waals surface area contributed by atoms with Gasteiger partial charge in [-0.2, -0.15) is 0 Å². The molecule has 1 heterocycles. The number of hydrogen-bond donors (Lipinski definition) is 1. The molecular weight excluding hydrogens is 1350 g/mol. The van der Waals surface area contributed by atoms with Gasteiger partial charge in [0.05, 0.1) is 75.2 Å². The molecule has 1 aliphatic heterocycles. The second-order valence-corrected chi connectivity index (χ2v) is 25.3. The zero-order valence-electron chi connectivity index (χ0n) is 44.1. The van der Waals surface area contributed by atoms with Gasteiger partial charge in [-0.15, -0.1) is 11.8 Å². The Kier molecular flexibility index (Phi) is 28.1. The molecule has 0 bridgehead atoms. The predicted molar refractivity (Wildman–Crippen MR) is 307 cm³/mol. The van der Waals surface area contributed by atoms with E-state index in [1.165, 1.54) is 60.3 Å². The first-order valence-corrected chi connectivity index (χ1v) is 31.2. The average Bonchev–Trinajstić information content (AvgIpc) is 3.56. The third kappa shape index (κ3) is 21.2. The van der Waals surface area contributed by atoms with Crippen molar-refractivity contribution in [2.45, 2.75) is 81.3 Å². The fourth-order valence-corrected chi connectivity index (χ4v) is 10.2. The van der Waals surface area contributed by atoms with Crippen molar-refractivity contribution in [2.24, 2.45) is 0 Å². The maximum absolute atomic E-state index is 13.1. The van der Waals surface area contributed by atoms with Gasteiger partial charge in [0.2, 0.25) is 0 Å². The highest BCUT2D eigenvalue weighted by Crippen LogP contribution is 2.37. The summed E-state index contributed by atoms with van der Waals surface area (Å²) in [6.07, 6.45) is 4.04. The SMILES string of the molecule is CCOC(=O)c1ccc(B2OC(C)(C)C(C)(C)O2)cc1S(C)(=O)=O.CCOC(=O)c1ccc(Br)cc1F.CCOC(=O)c1ccc(Br)cc1S(C)(=O)=O.CCOC(=O)c1ccc(Br)cc1SC.O=C(O)c1ccc(Br)cc1F. The third-order valence-electron chi connectivity index (χ3n) is 10.5. The Morgan fingerprint density at radius 3 is 1.22 bits per heavy atom. The topological polar surface area (TPSA) is 229 Å². The highest BCUT2D eigenvalue weighted by molar-refractivity contribution is 9.11. The fourth-order valence-electron chi connectivity index (χ4n) is 6.10. The normalized spacial score (nSPS) is 13.0. The lowest BCUT2D eigenvalue weighted by molar-refractivity contribution is 0.00578. The van der Waals surface area contributed by atoms with E-state index in [1.807, 2.05) is 46.1 Å².